The molecule has 7 nitrogen and oxygen atoms in total. The summed E-state index contributed by atoms with van der Waals surface area (Å²) in [5.41, 5.74) is 7.10. The molecule has 0 spiro atoms. The molecular weight excluding hydrogens is 471 g/mol. The number of thioether (sulfide) groups is 1. The number of hydrogen-bond donors (Lipinski definition) is 1. The van der Waals surface area contributed by atoms with E-state index in [1.54, 1.807) is 24.4 Å². The minimum absolute atomic E-state index is 0.0450. The molecule has 1 N–H and O–H groups in total. The molecule has 3 aromatic rings. The molecule has 3 rings (SSSR count). The van der Waals surface area contributed by atoms with E-state index in [-0.39, 0.29) is 17.3 Å². The molecule has 1 heterocycles. The van der Waals surface area contributed by atoms with Gasteiger partial charge in [0.15, 0.2) is 0 Å². The van der Waals surface area contributed by atoms with Crippen LogP contribution in [0.1, 0.15) is 22.5 Å². The van der Waals surface area contributed by atoms with E-state index in [9.17, 15) is 14.9 Å². The SMILES string of the molecule is Cc1cc(/C=N/NC(=O)CSCc2ccc([N+](=O)[O-])cc2)c(C)n1-c1cc(Cl)cc(Cl)c1. The van der Waals surface area contributed by atoms with Gasteiger partial charge in [-0.05, 0) is 43.7 Å². The number of halogens is 2. The second kappa shape index (κ2) is 10.7. The van der Waals surface area contributed by atoms with Crippen molar-refractivity contribution in [1.82, 2.24) is 9.99 Å². The Balaban J connectivity index is 1.55. The van der Waals surface area contributed by atoms with Gasteiger partial charge in [-0.15, -0.1) is 11.8 Å². The fourth-order valence-electron chi connectivity index (χ4n) is 3.17. The maximum atomic E-state index is 12.1. The number of hydrogen-bond acceptors (Lipinski definition) is 5. The lowest BCUT2D eigenvalue weighted by molar-refractivity contribution is -0.384. The van der Waals surface area contributed by atoms with E-state index < -0.39 is 4.92 Å². The van der Waals surface area contributed by atoms with E-state index >= 15 is 0 Å². The van der Waals surface area contributed by atoms with Crippen molar-refractivity contribution >= 4 is 52.8 Å². The first-order valence-electron chi connectivity index (χ1n) is 9.53. The normalized spacial score (nSPS) is 11.1. The molecule has 32 heavy (non-hydrogen) atoms. The fraction of sp³-hybridized carbons (Fsp3) is 0.182. The zero-order valence-electron chi connectivity index (χ0n) is 17.3. The van der Waals surface area contributed by atoms with Crippen molar-refractivity contribution < 1.29 is 9.72 Å². The van der Waals surface area contributed by atoms with Crippen LogP contribution in [-0.4, -0.2) is 27.4 Å². The second-order valence-electron chi connectivity index (χ2n) is 7.00. The number of nitro benzene ring substituents is 1. The smallest absolute Gasteiger partial charge is 0.269 e. The maximum Gasteiger partial charge on any atom is 0.269 e. The molecular formula is C22H20Cl2N4O3S. The number of nitrogens with zero attached hydrogens (tertiary/aromatic N) is 3. The Morgan fingerprint density at radius 3 is 2.44 bits per heavy atom. The number of benzene rings is 2. The first kappa shape index (κ1) is 23.8. The van der Waals surface area contributed by atoms with Crippen LogP contribution in [0.5, 0.6) is 0 Å². The average molecular weight is 491 g/mol. The molecule has 0 fully saturated rings. The highest BCUT2D eigenvalue weighted by atomic mass is 35.5. The molecule has 166 valence electrons. The summed E-state index contributed by atoms with van der Waals surface area (Å²) in [4.78, 5) is 22.3. The Kier molecular flexibility index (Phi) is 7.95. The van der Waals surface area contributed by atoms with Crippen LogP contribution in [0.4, 0.5) is 5.69 Å². The predicted octanol–water partition coefficient (Wildman–Crippen LogP) is 5.69. The van der Waals surface area contributed by atoms with Crippen molar-refractivity contribution in [3.8, 4) is 5.69 Å². The van der Waals surface area contributed by atoms with E-state index in [2.05, 4.69) is 10.5 Å². The number of nitrogens with one attached hydrogen (secondary N) is 1. The van der Waals surface area contributed by atoms with Crippen LogP contribution in [0.3, 0.4) is 0 Å². The second-order valence-corrected chi connectivity index (χ2v) is 8.86. The maximum absolute atomic E-state index is 12.1. The number of carbonyl (C=O) groups excluding carboxylic acids is 1. The Bertz CT molecular complexity index is 1160. The van der Waals surface area contributed by atoms with E-state index in [1.165, 1.54) is 23.9 Å². The van der Waals surface area contributed by atoms with Gasteiger partial charge in [-0.1, -0.05) is 35.3 Å². The molecule has 0 aliphatic carbocycles. The number of non-ortho nitro benzene ring substituents is 1. The third-order valence-corrected chi connectivity index (χ3v) is 6.06. The molecule has 0 bridgehead atoms. The largest absolute Gasteiger partial charge is 0.318 e. The molecule has 2 aromatic carbocycles. The van der Waals surface area contributed by atoms with Gasteiger partial charge in [0.05, 0.1) is 16.9 Å². The van der Waals surface area contributed by atoms with Crippen molar-refractivity contribution in [2.45, 2.75) is 19.6 Å². The van der Waals surface area contributed by atoms with Crippen molar-refractivity contribution in [2.75, 3.05) is 5.75 Å². The third-order valence-electron chi connectivity index (χ3n) is 4.62. The van der Waals surface area contributed by atoms with Gasteiger partial charge < -0.3 is 4.57 Å². The van der Waals surface area contributed by atoms with Gasteiger partial charge in [-0.2, -0.15) is 5.10 Å². The lowest BCUT2D eigenvalue weighted by Crippen LogP contribution is -2.19. The summed E-state index contributed by atoms with van der Waals surface area (Å²) in [5, 5.41) is 15.8. The minimum Gasteiger partial charge on any atom is -0.318 e. The highest BCUT2D eigenvalue weighted by Crippen LogP contribution is 2.26. The van der Waals surface area contributed by atoms with Crippen molar-refractivity contribution in [3.05, 3.63) is 91.2 Å². The van der Waals surface area contributed by atoms with Crippen LogP contribution in [0.2, 0.25) is 10.0 Å². The number of aromatic nitrogens is 1. The number of nitro groups is 1. The summed E-state index contributed by atoms with van der Waals surface area (Å²) in [6.45, 7) is 3.91. The van der Waals surface area contributed by atoms with Gasteiger partial charge in [0, 0.05) is 50.6 Å². The molecule has 0 atom stereocenters. The lowest BCUT2D eigenvalue weighted by atomic mass is 10.2. The van der Waals surface area contributed by atoms with Gasteiger partial charge in [-0.25, -0.2) is 5.43 Å². The van der Waals surface area contributed by atoms with Gasteiger partial charge in [-0.3, -0.25) is 14.9 Å². The van der Waals surface area contributed by atoms with Crippen LogP contribution in [0.25, 0.3) is 5.69 Å². The van der Waals surface area contributed by atoms with Crippen molar-refractivity contribution in [3.63, 3.8) is 0 Å². The zero-order chi connectivity index (χ0) is 23.3. The molecule has 0 unspecified atom stereocenters. The summed E-state index contributed by atoms with van der Waals surface area (Å²) in [6.07, 6.45) is 1.60. The fourth-order valence-corrected chi connectivity index (χ4v) is 4.46. The van der Waals surface area contributed by atoms with Crippen LogP contribution < -0.4 is 5.43 Å². The molecule has 0 saturated carbocycles. The lowest BCUT2D eigenvalue weighted by Gasteiger charge is -2.10. The minimum atomic E-state index is -0.441. The number of rotatable bonds is 8. The Morgan fingerprint density at radius 2 is 1.81 bits per heavy atom. The topological polar surface area (TPSA) is 89.5 Å². The highest BCUT2D eigenvalue weighted by Gasteiger charge is 2.11. The third kappa shape index (κ3) is 6.12. The van der Waals surface area contributed by atoms with E-state index in [0.717, 1.165) is 28.2 Å². The van der Waals surface area contributed by atoms with Crippen molar-refractivity contribution in [2.24, 2.45) is 5.10 Å². The molecule has 10 heteroatoms. The summed E-state index contributed by atoms with van der Waals surface area (Å²) in [7, 11) is 0. The Hall–Kier alpha value is -2.81. The van der Waals surface area contributed by atoms with E-state index in [0.29, 0.717) is 15.8 Å². The summed E-state index contributed by atoms with van der Waals surface area (Å²) in [5.74, 6) is 0.552. The molecule has 1 amide bonds. The summed E-state index contributed by atoms with van der Waals surface area (Å²) in [6, 6.07) is 13.6. The number of aryl methyl sites for hydroxylation is 1. The highest BCUT2D eigenvalue weighted by molar-refractivity contribution is 7.99. The van der Waals surface area contributed by atoms with Gasteiger partial charge in [0.1, 0.15) is 0 Å². The number of amides is 1. The standard InChI is InChI=1S/C22H20Cl2N4O3S/c1-14-7-17(15(2)27(14)21-9-18(23)8-19(24)10-21)11-25-26-22(29)13-32-12-16-3-5-20(6-4-16)28(30)31/h3-11H,12-13H2,1-2H3,(H,26,29)/b25-11+. The first-order valence-corrected chi connectivity index (χ1v) is 11.4. The Labute approximate surface area is 199 Å². The van der Waals surface area contributed by atoms with Crippen LogP contribution >= 0.6 is 35.0 Å². The van der Waals surface area contributed by atoms with Crippen LogP contribution in [0.15, 0.2) is 53.6 Å². The van der Waals surface area contributed by atoms with Crippen molar-refractivity contribution in [1.29, 1.82) is 0 Å². The molecule has 0 aliphatic heterocycles. The van der Waals surface area contributed by atoms with Gasteiger partial charge in [0.25, 0.3) is 5.69 Å². The summed E-state index contributed by atoms with van der Waals surface area (Å²) < 4.78 is 2.01. The molecule has 0 radical (unpaired) electrons. The average Bonchev–Trinajstić information content (AvgIpc) is 3.01. The Morgan fingerprint density at radius 1 is 1.16 bits per heavy atom. The van der Waals surface area contributed by atoms with E-state index in [1.807, 2.05) is 36.6 Å². The predicted molar refractivity (Wildman–Crippen MR) is 130 cm³/mol. The van der Waals surface area contributed by atoms with Gasteiger partial charge in [0.2, 0.25) is 5.91 Å². The van der Waals surface area contributed by atoms with E-state index in [4.69, 9.17) is 23.2 Å². The molecule has 1 aromatic heterocycles. The molecule has 0 aliphatic rings. The quantitative estimate of drug-likeness (QED) is 0.249. The molecule has 0 saturated heterocycles. The number of carbonyl (C=O) groups is 1. The van der Waals surface area contributed by atoms with Gasteiger partial charge >= 0.3 is 0 Å². The first-order chi connectivity index (χ1) is 15.2. The zero-order valence-corrected chi connectivity index (χ0v) is 19.7. The summed E-state index contributed by atoms with van der Waals surface area (Å²) >= 11 is 13.7. The monoisotopic (exact) mass is 490 g/mol. The van der Waals surface area contributed by atoms with Crippen LogP contribution in [-0.2, 0) is 10.5 Å². The van der Waals surface area contributed by atoms with Crippen LogP contribution in [0, 0.1) is 24.0 Å². The number of hydrazone groups is 1.